The molecule has 1 heterocycles. The Morgan fingerprint density at radius 2 is 1.92 bits per heavy atom. The molecule has 0 aromatic heterocycles. The number of nitrogens with one attached hydrogen (secondary N) is 1. The number of nitrogens with zero attached hydrogens (tertiary/aromatic N) is 1. The predicted molar refractivity (Wildman–Crippen MR) is 48.1 cm³/mol. The van der Waals surface area contributed by atoms with Gasteiger partial charge >= 0.3 is 0 Å². The molecule has 2 N–H and O–H groups in total. The summed E-state index contributed by atoms with van der Waals surface area (Å²) >= 11 is 0. The Hall–Kier alpha value is -0.120. The van der Waals surface area contributed by atoms with Crippen molar-refractivity contribution in [1.82, 2.24) is 10.2 Å². The van der Waals surface area contributed by atoms with Gasteiger partial charge in [-0.15, -0.1) is 0 Å². The molecule has 2 fully saturated rings. The van der Waals surface area contributed by atoms with Gasteiger partial charge in [-0.2, -0.15) is 0 Å². The molecule has 2 unspecified atom stereocenters. The molecule has 2 rings (SSSR count). The Morgan fingerprint density at radius 3 is 2.50 bits per heavy atom. The van der Waals surface area contributed by atoms with E-state index < -0.39 is 0 Å². The van der Waals surface area contributed by atoms with Crippen LogP contribution in [0.2, 0.25) is 0 Å². The Balaban J connectivity index is 1.83. The van der Waals surface area contributed by atoms with Crippen molar-refractivity contribution in [3.8, 4) is 0 Å². The van der Waals surface area contributed by atoms with E-state index in [1.54, 1.807) is 0 Å². The number of aliphatic hydroxyl groups is 1. The van der Waals surface area contributed by atoms with Gasteiger partial charge in [0.1, 0.15) is 0 Å². The first-order valence-corrected chi connectivity index (χ1v) is 4.99. The Kier molecular flexibility index (Phi) is 2.63. The minimum atomic E-state index is -0.0233. The molecule has 1 saturated carbocycles. The minimum Gasteiger partial charge on any atom is -0.393 e. The van der Waals surface area contributed by atoms with Crippen LogP contribution >= 0.6 is 0 Å². The summed E-state index contributed by atoms with van der Waals surface area (Å²) in [6.45, 7) is 4.56. The monoisotopic (exact) mass is 170 g/mol. The molecule has 3 heteroatoms. The zero-order valence-electron chi connectivity index (χ0n) is 7.50. The van der Waals surface area contributed by atoms with Crippen LogP contribution in [0.25, 0.3) is 0 Å². The smallest absolute Gasteiger partial charge is 0.0555 e. The normalized spacial score (nSPS) is 38.8. The van der Waals surface area contributed by atoms with Gasteiger partial charge in [0.25, 0.3) is 0 Å². The van der Waals surface area contributed by atoms with Crippen LogP contribution in [-0.2, 0) is 0 Å². The van der Waals surface area contributed by atoms with Gasteiger partial charge < -0.3 is 10.4 Å². The molecule has 0 radical (unpaired) electrons. The van der Waals surface area contributed by atoms with Gasteiger partial charge in [0.15, 0.2) is 0 Å². The zero-order chi connectivity index (χ0) is 8.39. The molecule has 0 aromatic carbocycles. The average molecular weight is 170 g/mol. The van der Waals surface area contributed by atoms with Crippen LogP contribution in [0.4, 0.5) is 0 Å². The maximum absolute atomic E-state index is 9.39. The van der Waals surface area contributed by atoms with E-state index in [4.69, 9.17) is 0 Å². The molecule has 70 valence electrons. The fourth-order valence-corrected chi connectivity index (χ4v) is 2.31. The fourth-order valence-electron chi connectivity index (χ4n) is 2.31. The van der Waals surface area contributed by atoms with Crippen LogP contribution in [0.3, 0.4) is 0 Å². The maximum atomic E-state index is 9.39. The van der Waals surface area contributed by atoms with Gasteiger partial charge in [-0.05, 0) is 19.3 Å². The SMILES string of the molecule is OC1CCC(N2CCNCC2)C1. The Labute approximate surface area is 73.8 Å². The van der Waals surface area contributed by atoms with Crippen molar-refractivity contribution >= 4 is 0 Å². The maximum Gasteiger partial charge on any atom is 0.0555 e. The molecule has 12 heavy (non-hydrogen) atoms. The van der Waals surface area contributed by atoms with E-state index in [1.165, 1.54) is 6.42 Å². The van der Waals surface area contributed by atoms with E-state index in [1.807, 2.05) is 0 Å². The summed E-state index contributed by atoms with van der Waals surface area (Å²) in [6.07, 6.45) is 3.18. The lowest BCUT2D eigenvalue weighted by Crippen LogP contribution is -2.47. The molecule has 3 nitrogen and oxygen atoms in total. The molecule has 1 saturated heterocycles. The van der Waals surface area contributed by atoms with Crippen molar-refractivity contribution in [2.75, 3.05) is 26.2 Å². The van der Waals surface area contributed by atoms with E-state index in [-0.39, 0.29) is 6.10 Å². The van der Waals surface area contributed by atoms with Crippen LogP contribution in [0.5, 0.6) is 0 Å². The lowest BCUT2D eigenvalue weighted by Gasteiger charge is -2.32. The van der Waals surface area contributed by atoms with Gasteiger partial charge in [0.2, 0.25) is 0 Å². The summed E-state index contributed by atoms with van der Waals surface area (Å²) in [5.41, 5.74) is 0. The number of hydrogen-bond donors (Lipinski definition) is 2. The summed E-state index contributed by atoms with van der Waals surface area (Å²) in [5.74, 6) is 0. The van der Waals surface area contributed by atoms with E-state index in [0.717, 1.165) is 39.0 Å². The quantitative estimate of drug-likeness (QED) is 0.572. The van der Waals surface area contributed by atoms with E-state index in [0.29, 0.717) is 6.04 Å². The van der Waals surface area contributed by atoms with Crippen molar-refractivity contribution in [2.45, 2.75) is 31.4 Å². The van der Waals surface area contributed by atoms with Crippen molar-refractivity contribution < 1.29 is 5.11 Å². The number of piperazine rings is 1. The number of aliphatic hydroxyl groups excluding tert-OH is 1. The minimum absolute atomic E-state index is 0.0233. The van der Waals surface area contributed by atoms with Gasteiger partial charge in [0.05, 0.1) is 6.10 Å². The van der Waals surface area contributed by atoms with E-state index in [2.05, 4.69) is 10.2 Å². The van der Waals surface area contributed by atoms with Crippen LogP contribution in [-0.4, -0.2) is 48.3 Å². The van der Waals surface area contributed by atoms with E-state index in [9.17, 15) is 5.11 Å². The second-order valence-corrected chi connectivity index (χ2v) is 3.91. The lowest BCUT2D eigenvalue weighted by molar-refractivity contribution is 0.141. The van der Waals surface area contributed by atoms with Gasteiger partial charge in [-0.25, -0.2) is 0 Å². The highest BCUT2D eigenvalue weighted by Gasteiger charge is 2.28. The first-order valence-electron chi connectivity index (χ1n) is 4.99. The molecule has 1 aliphatic carbocycles. The molecular formula is C9H18N2O. The predicted octanol–water partition coefficient (Wildman–Crippen LogP) is -0.195. The van der Waals surface area contributed by atoms with Crippen molar-refractivity contribution in [3.63, 3.8) is 0 Å². The summed E-state index contributed by atoms with van der Waals surface area (Å²) in [5, 5.41) is 12.7. The molecule has 1 aliphatic heterocycles. The molecule has 0 aromatic rings. The summed E-state index contributed by atoms with van der Waals surface area (Å²) in [4.78, 5) is 2.52. The third kappa shape index (κ3) is 1.79. The second kappa shape index (κ2) is 3.73. The zero-order valence-corrected chi connectivity index (χ0v) is 7.50. The standard InChI is InChI=1S/C9H18N2O/c12-9-2-1-8(7-9)11-5-3-10-4-6-11/h8-10,12H,1-7H2. The molecule has 0 spiro atoms. The fraction of sp³-hybridized carbons (Fsp3) is 1.00. The van der Waals surface area contributed by atoms with Crippen LogP contribution < -0.4 is 5.32 Å². The summed E-state index contributed by atoms with van der Waals surface area (Å²) in [6, 6.07) is 0.669. The second-order valence-electron chi connectivity index (χ2n) is 3.91. The first kappa shape index (κ1) is 8.48. The van der Waals surface area contributed by atoms with E-state index >= 15 is 0 Å². The largest absolute Gasteiger partial charge is 0.393 e. The summed E-state index contributed by atoms with van der Waals surface area (Å²) < 4.78 is 0. The molecule has 2 atom stereocenters. The Morgan fingerprint density at radius 1 is 1.17 bits per heavy atom. The summed E-state index contributed by atoms with van der Waals surface area (Å²) in [7, 11) is 0. The number of rotatable bonds is 1. The molecule has 0 amide bonds. The van der Waals surface area contributed by atoms with Crippen molar-refractivity contribution in [3.05, 3.63) is 0 Å². The lowest BCUT2D eigenvalue weighted by atomic mass is 10.2. The van der Waals surface area contributed by atoms with Gasteiger partial charge in [-0.1, -0.05) is 0 Å². The van der Waals surface area contributed by atoms with Crippen LogP contribution in [0, 0.1) is 0 Å². The van der Waals surface area contributed by atoms with Crippen LogP contribution in [0.1, 0.15) is 19.3 Å². The average Bonchev–Trinajstić information content (AvgIpc) is 2.54. The highest BCUT2D eigenvalue weighted by Crippen LogP contribution is 2.23. The highest BCUT2D eigenvalue weighted by atomic mass is 16.3. The van der Waals surface area contributed by atoms with Crippen molar-refractivity contribution in [1.29, 1.82) is 0 Å². The third-order valence-electron chi connectivity index (χ3n) is 3.05. The van der Waals surface area contributed by atoms with Gasteiger partial charge in [0, 0.05) is 32.2 Å². The first-order chi connectivity index (χ1) is 5.86. The van der Waals surface area contributed by atoms with Crippen LogP contribution in [0.15, 0.2) is 0 Å². The number of hydrogen-bond acceptors (Lipinski definition) is 3. The third-order valence-corrected chi connectivity index (χ3v) is 3.05. The molecule has 2 aliphatic rings. The van der Waals surface area contributed by atoms with Gasteiger partial charge in [-0.3, -0.25) is 4.90 Å². The molecular weight excluding hydrogens is 152 g/mol. The topological polar surface area (TPSA) is 35.5 Å². The van der Waals surface area contributed by atoms with Crippen molar-refractivity contribution in [2.24, 2.45) is 0 Å². The molecule has 0 bridgehead atoms. The Bertz CT molecular complexity index is 143. The highest BCUT2D eigenvalue weighted by molar-refractivity contribution is 4.84.